The predicted octanol–water partition coefficient (Wildman–Crippen LogP) is 3.30. The Hall–Kier alpha value is -0.520. The van der Waals surface area contributed by atoms with E-state index >= 15 is 0 Å². The van der Waals surface area contributed by atoms with Gasteiger partial charge in [0, 0.05) is 16.5 Å². The van der Waals surface area contributed by atoms with Crippen LogP contribution in [-0.4, -0.2) is 17.4 Å². The van der Waals surface area contributed by atoms with E-state index in [-0.39, 0.29) is 10.2 Å². The Morgan fingerprint density at radius 2 is 2.12 bits per heavy atom. The van der Waals surface area contributed by atoms with Crippen LogP contribution in [0.2, 0.25) is 0 Å². The van der Waals surface area contributed by atoms with Crippen LogP contribution < -0.4 is 14.8 Å². The lowest BCUT2D eigenvalue weighted by atomic mass is 10.1. The van der Waals surface area contributed by atoms with Gasteiger partial charge < -0.3 is 9.64 Å². The Morgan fingerprint density at radius 3 is 2.65 bits per heavy atom. The molecular formula is C12H18N2OS2. The first-order chi connectivity index (χ1) is 7.97. The minimum absolute atomic E-state index is 0.0433. The molecule has 0 radical (unpaired) electrons. The van der Waals surface area contributed by atoms with Gasteiger partial charge in [0.2, 0.25) is 0 Å². The lowest BCUT2D eigenvalue weighted by Crippen LogP contribution is -2.44. The molecular weight excluding hydrogens is 252 g/mol. The first-order valence-corrected chi connectivity index (χ1v) is 7.29. The molecule has 0 fully saturated rings. The molecule has 0 aliphatic carbocycles. The second-order valence-electron chi connectivity index (χ2n) is 4.94. The maximum Gasteiger partial charge on any atom is 0.141 e. The third kappa shape index (κ3) is 2.37. The molecule has 1 heterocycles. The molecule has 1 aromatic rings. The second kappa shape index (κ2) is 4.63. The van der Waals surface area contributed by atoms with Crippen molar-refractivity contribution >= 4 is 29.4 Å². The Balaban J connectivity index is 2.45. The zero-order valence-corrected chi connectivity index (χ0v) is 12.2. The van der Waals surface area contributed by atoms with Crippen molar-refractivity contribution in [1.82, 2.24) is 0 Å². The number of nitrogens with two attached hydrogens (primary N) is 1. The summed E-state index contributed by atoms with van der Waals surface area (Å²) in [5.41, 5.74) is 1.26. The zero-order valence-electron chi connectivity index (χ0n) is 10.6. The minimum atomic E-state index is 0.0433. The number of methoxy groups -OCH3 is 1. The van der Waals surface area contributed by atoms with Gasteiger partial charge in [0.15, 0.2) is 0 Å². The van der Waals surface area contributed by atoms with Gasteiger partial charge in [-0.15, -0.1) is 0 Å². The lowest BCUT2D eigenvalue weighted by molar-refractivity contribution is 0.414. The van der Waals surface area contributed by atoms with Crippen molar-refractivity contribution in [1.29, 1.82) is 0 Å². The Labute approximate surface area is 111 Å². The van der Waals surface area contributed by atoms with Crippen molar-refractivity contribution in [3.63, 3.8) is 0 Å². The van der Waals surface area contributed by atoms with Crippen molar-refractivity contribution in [3.05, 3.63) is 18.2 Å². The van der Waals surface area contributed by atoms with Crippen molar-refractivity contribution in [2.45, 2.75) is 35.9 Å². The van der Waals surface area contributed by atoms with E-state index in [2.05, 4.69) is 37.8 Å². The van der Waals surface area contributed by atoms with Crippen molar-refractivity contribution < 1.29 is 4.74 Å². The van der Waals surface area contributed by atoms with Crippen LogP contribution in [0.3, 0.4) is 0 Å². The number of fused-ring (bicyclic) bond motifs is 1. The Bertz CT molecular complexity index is 417. The highest BCUT2D eigenvalue weighted by atomic mass is 32.2. The molecule has 1 aromatic carbocycles. The van der Waals surface area contributed by atoms with Crippen LogP contribution in [0.4, 0.5) is 5.69 Å². The molecule has 2 N–H and O–H groups in total. The molecule has 0 saturated carbocycles. The molecule has 0 aromatic heterocycles. The molecule has 0 amide bonds. The zero-order chi connectivity index (χ0) is 12.6. The number of rotatable bonds is 2. The number of benzene rings is 1. The predicted molar refractivity (Wildman–Crippen MR) is 76.6 cm³/mol. The molecule has 0 spiro atoms. The summed E-state index contributed by atoms with van der Waals surface area (Å²) in [5, 5.41) is 5.79. The quantitative estimate of drug-likeness (QED) is 0.835. The van der Waals surface area contributed by atoms with E-state index in [1.54, 1.807) is 18.9 Å². The number of hydrogen-bond donors (Lipinski definition) is 1. The van der Waals surface area contributed by atoms with Crippen LogP contribution in [0.25, 0.3) is 0 Å². The summed E-state index contributed by atoms with van der Waals surface area (Å²) in [6, 6.07) is 6.19. The van der Waals surface area contributed by atoms with E-state index in [9.17, 15) is 0 Å². The first-order valence-electron chi connectivity index (χ1n) is 5.47. The molecule has 0 bridgehead atoms. The number of nitrogens with zero attached hydrogens (tertiary/aromatic N) is 1. The fraction of sp³-hybridized carbons (Fsp3) is 0.500. The van der Waals surface area contributed by atoms with Gasteiger partial charge >= 0.3 is 0 Å². The van der Waals surface area contributed by atoms with Crippen LogP contribution in [0.15, 0.2) is 23.1 Å². The molecule has 2 rings (SSSR count). The normalized spacial score (nSPS) is 19.4. The molecule has 0 saturated heterocycles. The van der Waals surface area contributed by atoms with Crippen LogP contribution in [0, 0.1) is 0 Å². The van der Waals surface area contributed by atoms with Crippen molar-refractivity contribution in [3.8, 4) is 5.75 Å². The summed E-state index contributed by atoms with van der Waals surface area (Å²) in [6.45, 7) is 6.60. The van der Waals surface area contributed by atoms with Crippen LogP contribution in [0.5, 0.6) is 5.75 Å². The fourth-order valence-electron chi connectivity index (χ4n) is 1.95. The van der Waals surface area contributed by atoms with Crippen LogP contribution in [-0.2, 0) is 0 Å². The molecule has 94 valence electrons. The van der Waals surface area contributed by atoms with E-state index in [1.807, 2.05) is 6.07 Å². The highest BCUT2D eigenvalue weighted by Gasteiger charge is 2.37. The monoisotopic (exact) mass is 270 g/mol. The van der Waals surface area contributed by atoms with Gasteiger partial charge in [-0.3, -0.25) is 5.14 Å². The van der Waals surface area contributed by atoms with Gasteiger partial charge in [-0.2, -0.15) is 0 Å². The van der Waals surface area contributed by atoms with Gasteiger partial charge in [-0.05, 0) is 44.9 Å². The SMILES string of the molecule is COc1ccc2c(c1)N(C(C)(C)C)C(SN)S2. The summed E-state index contributed by atoms with van der Waals surface area (Å²) in [6.07, 6.45) is 0. The number of anilines is 1. The third-order valence-corrected chi connectivity index (χ3v) is 4.78. The van der Waals surface area contributed by atoms with Crippen LogP contribution in [0.1, 0.15) is 20.8 Å². The first kappa shape index (κ1) is 12.9. The van der Waals surface area contributed by atoms with Crippen LogP contribution >= 0.6 is 23.7 Å². The minimum Gasteiger partial charge on any atom is -0.497 e. The standard InChI is InChI=1S/C12H18N2OS2/c1-12(2,3)14-9-7-8(15-4)5-6-10(9)16-11(14)17-13/h5-7,11H,13H2,1-4H3. The smallest absolute Gasteiger partial charge is 0.141 e. The summed E-state index contributed by atoms with van der Waals surface area (Å²) in [5.74, 6) is 0.890. The number of ether oxygens (including phenoxy) is 1. The number of hydrogen-bond acceptors (Lipinski definition) is 5. The maximum absolute atomic E-state index is 5.79. The maximum atomic E-state index is 5.79. The topological polar surface area (TPSA) is 38.5 Å². The third-order valence-electron chi connectivity index (χ3n) is 2.70. The Kier molecular flexibility index (Phi) is 3.52. The Morgan fingerprint density at radius 1 is 1.41 bits per heavy atom. The lowest BCUT2D eigenvalue weighted by Gasteiger charge is -2.37. The van der Waals surface area contributed by atoms with Crippen molar-refractivity contribution in [2.24, 2.45) is 5.14 Å². The summed E-state index contributed by atoms with van der Waals surface area (Å²) in [4.78, 5) is 3.61. The molecule has 1 aliphatic heterocycles. The van der Waals surface area contributed by atoms with Crippen molar-refractivity contribution in [2.75, 3.05) is 12.0 Å². The highest BCUT2D eigenvalue weighted by Crippen LogP contribution is 2.50. The molecule has 5 heteroatoms. The average molecular weight is 270 g/mol. The molecule has 1 atom stereocenters. The number of thioether (sulfide) groups is 1. The van der Waals surface area contributed by atoms with E-state index < -0.39 is 0 Å². The largest absolute Gasteiger partial charge is 0.497 e. The van der Waals surface area contributed by atoms with Gasteiger partial charge in [0.1, 0.15) is 10.5 Å². The molecule has 3 nitrogen and oxygen atoms in total. The fourth-order valence-corrected chi connectivity index (χ4v) is 4.21. The molecule has 1 aliphatic rings. The summed E-state index contributed by atoms with van der Waals surface area (Å²) in [7, 11) is 1.69. The highest BCUT2D eigenvalue weighted by molar-refractivity contribution is 8.16. The van der Waals surface area contributed by atoms with E-state index in [0.717, 1.165) is 5.75 Å². The van der Waals surface area contributed by atoms with Gasteiger partial charge in [-0.25, -0.2) is 0 Å². The van der Waals surface area contributed by atoms with E-state index in [0.29, 0.717) is 0 Å². The summed E-state index contributed by atoms with van der Waals surface area (Å²) >= 11 is 3.18. The molecule has 1 unspecified atom stereocenters. The van der Waals surface area contributed by atoms with Gasteiger partial charge in [-0.1, -0.05) is 11.8 Å². The van der Waals surface area contributed by atoms with E-state index in [1.165, 1.54) is 22.5 Å². The molecule has 17 heavy (non-hydrogen) atoms. The average Bonchev–Trinajstić information content (AvgIpc) is 2.65. The van der Waals surface area contributed by atoms with E-state index in [4.69, 9.17) is 9.88 Å². The van der Waals surface area contributed by atoms with Gasteiger partial charge in [0.25, 0.3) is 0 Å². The van der Waals surface area contributed by atoms with Gasteiger partial charge in [0.05, 0.1) is 12.8 Å². The second-order valence-corrected chi connectivity index (χ2v) is 7.07. The summed E-state index contributed by atoms with van der Waals surface area (Å²) < 4.78 is 5.53.